The minimum atomic E-state index is -3.52. The number of hydrogen-bond acceptors (Lipinski definition) is 8. The third-order valence-electron chi connectivity index (χ3n) is 6.48. The topological polar surface area (TPSA) is 101 Å². The molecule has 0 bridgehead atoms. The molecule has 0 unspecified atom stereocenters. The molecule has 0 fully saturated rings. The van der Waals surface area contributed by atoms with Gasteiger partial charge in [-0.15, -0.1) is 0 Å². The molecule has 0 aliphatic carbocycles. The number of likely N-dealkylation sites (N-methyl/N-ethyl adjacent to an activating group) is 1. The Morgan fingerprint density at radius 2 is 1.82 bits per heavy atom. The molecule has 38 heavy (non-hydrogen) atoms. The number of methoxy groups -OCH3 is 1. The first kappa shape index (κ1) is 29.6. The number of rotatable bonds is 13. The lowest BCUT2D eigenvalue weighted by atomic mass is 10.1. The molecule has 1 aliphatic rings. The zero-order chi connectivity index (χ0) is 27.9. The summed E-state index contributed by atoms with van der Waals surface area (Å²) in [6, 6.07) is 12.0. The van der Waals surface area contributed by atoms with E-state index in [-0.39, 0.29) is 25.0 Å². The van der Waals surface area contributed by atoms with Gasteiger partial charge in [0.2, 0.25) is 5.91 Å². The molecule has 3 rings (SSSR count). The maximum Gasteiger partial charge on any atom is 0.248 e. The fourth-order valence-corrected chi connectivity index (χ4v) is 6.21. The van der Waals surface area contributed by atoms with Gasteiger partial charge in [-0.25, -0.2) is 8.42 Å². The highest BCUT2D eigenvalue weighted by molar-refractivity contribution is 7.91. The van der Waals surface area contributed by atoms with E-state index >= 15 is 0 Å². The number of carbonyl (C=O) groups is 1. The smallest absolute Gasteiger partial charge is 0.248 e. The van der Waals surface area contributed by atoms with Crippen molar-refractivity contribution < 1.29 is 22.7 Å². The van der Waals surface area contributed by atoms with Crippen LogP contribution >= 0.6 is 0 Å². The molecule has 0 atom stereocenters. The fourth-order valence-electron chi connectivity index (χ4n) is 4.55. The molecule has 2 aromatic carbocycles. The second kappa shape index (κ2) is 13.2. The predicted octanol–water partition coefficient (Wildman–Crippen LogP) is 2.78. The average molecular weight is 545 g/mol. The Bertz CT molecular complexity index is 1220. The van der Waals surface area contributed by atoms with Crippen LogP contribution in [0, 0.1) is 13.8 Å². The van der Waals surface area contributed by atoms with Crippen molar-refractivity contribution in [1.82, 2.24) is 15.1 Å². The predicted molar refractivity (Wildman–Crippen MR) is 150 cm³/mol. The lowest BCUT2D eigenvalue weighted by Gasteiger charge is -2.25. The Morgan fingerprint density at radius 3 is 2.42 bits per heavy atom. The Balaban J connectivity index is 1.40. The molecule has 0 radical (unpaired) electrons. The first-order chi connectivity index (χ1) is 18.0. The van der Waals surface area contributed by atoms with Gasteiger partial charge >= 0.3 is 0 Å². The summed E-state index contributed by atoms with van der Waals surface area (Å²) < 4.78 is 36.3. The monoisotopic (exact) mass is 544 g/mol. The van der Waals surface area contributed by atoms with Gasteiger partial charge in [-0.1, -0.05) is 24.3 Å². The first-order valence-corrected chi connectivity index (χ1v) is 14.5. The first-order valence-electron chi connectivity index (χ1n) is 12.8. The molecular weight excluding hydrogens is 504 g/mol. The van der Waals surface area contributed by atoms with Crippen molar-refractivity contribution in [3.63, 3.8) is 0 Å². The zero-order valence-corrected chi connectivity index (χ0v) is 24.1. The lowest BCUT2D eigenvalue weighted by Crippen LogP contribution is -2.34. The van der Waals surface area contributed by atoms with E-state index < -0.39 is 9.84 Å². The maximum absolute atomic E-state index is 12.8. The minimum Gasteiger partial charge on any atom is -0.497 e. The number of hydrogen-bond donors (Lipinski definition) is 1. The number of nitrogens with zero attached hydrogens (tertiary/aromatic N) is 3. The van der Waals surface area contributed by atoms with E-state index in [4.69, 9.17) is 9.47 Å². The minimum absolute atomic E-state index is 0.0696. The maximum atomic E-state index is 12.8. The van der Waals surface area contributed by atoms with Gasteiger partial charge in [0.1, 0.15) is 24.1 Å². The Morgan fingerprint density at radius 1 is 1.16 bits per heavy atom. The summed E-state index contributed by atoms with van der Waals surface area (Å²) in [5, 5.41) is 2.91. The van der Waals surface area contributed by atoms with Crippen LogP contribution < -0.4 is 10.1 Å². The second-order valence-corrected chi connectivity index (χ2v) is 11.8. The average Bonchev–Trinajstić information content (AvgIpc) is 3.36. The number of sulfone groups is 1. The highest BCUT2D eigenvalue weighted by Crippen LogP contribution is 2.26. The molecule has 1 heterocycles. The Hall–Kier alpha value is -2.95. The molecule has 2 aromatic rings. The van der Waals surface area contributed by atoms with Crippen LogP contribution in [0.5, 0.6) is 5.75 Å². The SMILES string of the molecule is COc1cc(C)c(S(=O)(=O)CNCCOCC(=O)N(C)Cc2ccc(C3=NCCN3C(C)C)cc2)c(C)c1. The normalized spacial score (nSPS) is 13.7. The highest BCUT2D eigenvalue weighted by atomic mass is 32.2. The van der Waals surface area contributed by atoms with Crippen LogP contribution in [0.1, 0.15) is 36.1 Å². The Labute approximate surface area is 226 Å². The van der Waals surface area contributed by atoms with Gasteiger partial charge in [-0.05, 0) is 56.5 Å². The van der Waals surface area contributed by atoms with Crippen LogP contribution in [0.25, 0.3) is 0 Å². The number of nitrogens with one attached hydrogen (secondary N) is 1. The van der Waals surface area contributed by atoms with Gasteiger partial charge in [0, 0.05) is 38.3 Å². The molecule has 9 nitrogen and oxygen atoms in total. The molecule has 1 amide bonds. The van der Waals surface area contributed by atoms with Crippen molar-refractivity contribution in [2.75, 3.05) is 52.9 Å². The van der Waals surface area contributed by atoms with E-state index in [2.05, 4.69) is 41.2 Å². The van der Waals surface area contributed by atoms with Crippen LogP contribution in [-0.4, -0.2) is 88.9 Å². The molecule has 208 valence electrons. The summed E-state index contributed by atoms with van der Waals surface area (Å²) >= 11 is 0. The molecule has 0 aromatic heterocycles. The van der Waals surface area contributed by atoms with Crippen molar-refractivity contribution in [2.45, 2.75) is 45.2 Å². The van der Waals surface area contributed by atoms with Crippen molar-refractivity contribution in [3.8, 4) is 5.75 Å². The summed E-state index contributed by atoms with van der Waals surface area (Å²) in [4.78, 5) is 21.4. The van der Waals surface area contributed by atoms with Crippen LogP contribution in [0.15, 0.2) is 46.3 Å². The van der Waals surface area contributed by atoms with Crippen molar-refractivity contribution in [1.29, 1.82) is 0 Å². The summed E-state index contributed by atoms with van der Waals surface area (Å²) in [6.07, 6.45) is 0. The highest BCUT2D eigenvalue weighted by Gasteiger charge is 2.22. The quantitative estimate of drug-likeness (QED) is 0.387. The molecule has 0 saturated carbocycles. The number of aryl methyl sites for hydroxylation is 2. The van der Waals surface area contributed by atoms with Crippen LogP contribution in [-0.2, 0) is 25.9 Å². The van der Waals surface area contributed by atoms with Crippen molar-refractivity contribution in [2.24, 2.45) is 4.99 Å². The van der Waals surface area contributed by atoms with E-state index in [0.29, 0.717) is 40.9 Å². The van der Waals surface area contributed by atoms with Gasteiger partial charge < -0.3 is 24.6 Å². The van der Waals surface area contributed by atoms with Gasteiger partial charge in [0.05, 0.1) is 25.2 Å². The molecular formula is C28H40N4O5S. The number of amides is 1. The van der Waals surface area contributed by atoms with E-state index in [9.17, 15) is 13.2 Å². The third-order valence-corrected chi connectivity index (χ3v) is 8.33. The van der Waals surface area contributed by atoms with Gasteiger partial charge in [0.25, 0.3) is 0 Å². The molecule has 10 heteroatoms. The van der Waals surface area contributed by atoms with E-state index in [1.165, 1.54) is 0 Å². The second-order valence-electron chi connectivity index (χ2n) is 9.84. The molecule has 0 saturated heterocycles. The van der Waals surface area contributed by atoms with Gasteiger partial charge in [-0.2, -0.15) is 0 Å². The van der Waals surface area contributed by atoms with Crippen LogP contribution in [0.2, 0.25) is 0 Å². The molecule has 1 aliphatic heterocycles. The lowest BCUT2D eigenvalue weighted by molar-refractivity contribution is -0.135. The third kappa shape index (κ3) is 7.55. The van der Waals surface area contributed by atoms with E-state index in [0.717, 1.165) is 30.1 Å². The van der Waals surface area contributed by atoms with E-state index in [1.807, 2.05) is 12.1 Å². The summed E-state index contributed by atoms with van der Waals surface area (Å²) in [5.41, 5.74) is 3.40. The Kier molecular flexibility index (Phi) is 10.3. The fraction of sp³-hybridized carbons (Fsp3) is 0.500. The number of amidine groups is 1. The molecule has 1 N–H and O–H groups in total. The number of aliphatic imine (C=N–C) groups is 1. The molecule has 0 spiro atoms. The zero-order valence-electron chi connectivity index (χ0n) is 23.3. The van der Waals surface area contributed by atoms with Gasteiger partial charge in [0.15, 0.2) is 9.84 Å². The summed E-state index contributed by atoms with van der Waals surface area (Å²) in [6.45, 7) is 10.5. The number of ether oxygens (including phenoxy) is 2. The largest absolute Gasteiger partial charge is 0.497 e. The summed E-state index contributed by atoms with van der Waals surface area (Å²) in [7, 11) is -0.228. The standard InChI is InChI=1S/C28H40N4O5S/c1-20(2)32-13-11-30-28(32)24-9-7-23(8-10-24)17-31(5)26(33)18-37-14-12-29-19-38(34,35)27-21(3)15-25(36-6)16-22(27)4/h7-10,15-16,20,29H,11-14,17-19H2,1-6H3. The number of carbonyl (C=O) groups excluding carboxylic acids is 1. The van der Waals surface area contributed by atoms with Crippen molar-refractivity contribution >= 4 is 21.6 Å². The van der Waals surface area contributed by atoms with Crippen LogP contribution in [0.3, 0.4) is 0 Å². The number of benzene rings is 2. The van der Waals surface area contributed by atoms with Crippen LogP contribution in [0.4, 0.5) is 0 Å². The van der Waals surface area contributed by atoms with Gasteiger partial charge in [-0.3, -0.25) is 9.79 Å². The summed E-state index contributed by atoms with van der Waals surface area (Å²) in [5.74, 6) is 1.30. The van der Waals surface area contributed by atoms with Crippen molar-refractivity contribution in [3.05, 3.63) is 58.7 Å². The van der Waals surface area contributed by atoms with E-state index in [1.54, 1.807) is 45.0 Å².